The van der Waals surface area contributed by atoms with Gasteiger partial charge in [0.1, 0.15) is 5.75 Å². The van der Waals surface area contributed by atoms with Gasteiger partial charge in [0.05, 0.1) is 0 Å². The maximum Gasteiger partial charge on any atom is 0.258 e. The zero-order chi connectivity index (χ0) is 13.1. The van der Waals surface area contributed by atoms with E-state index in [0.29, 0.717) is 0 Å². The molecule has 0 saturated carbocycles. The summed E-state index contributed by atoms with van der Waals surface area (Å²) >= 11 is 0. The van der Waals surface area contributed by atoms with E-state index in [4.69, 9.17) is 4.74 Å². The van der Waals surface area contributed by atoms with Gasteiger partial charge in [0.2, 0.25) is 0 Å². The maximum atomic E-state index is 11.6. The SMILES string of the molecule is Cc1ccc(C)c(OCC(=O)NC(C)(C)C)c1. The second-order valence-electron chi connectivity index (χ2n) is 5.36. The Morgan fingerprint density at radius 1 is 1.29 bits per heavy atom. The number of ether oxygens (including phenoxy) is 1. The van der Waals surface area contributed by atoms with Gasteiger partial charge in [0, 0.05) is 5.54 Å². The van der Waals surface area contributed by atoms with E-state index in [0.717, 1.165) is 16.9 Å². The van der Waals surface area contributed by atoms with Gasteiger partial charge in [0.15, 0.2) is 6.61 Å². The molecule has 1 aromatic rings. The Kier molecular flexibility index (Phi) is 4.16. The summed E-state index contributed by atoms with van der Waals surface area (Å²) in [5.74, 6) is 0.674. The van der Waals surface area contributed by atoms with Crippen LogP contribution in [0.25, 0.3) is 0 Å². The van der Waals surface area contributed by atoms with Crippen LogP contribution in [0.1, 0.15) is 31.9 Å². The third-order valence-electron chi connectivity index (χ3n) is 2.22. The number of carbonyl (C=O) groups excluding carboxylic acids is 1. The average Bonchev–Trinajstić information content (AvgIpc) is 2.17. The number of hydrogen-bond donors (Lipinski definition) is 1. The summed E-state index contributed by atoms with van der Waals surface area (Å²) in [6.07, 6.45) is 0. The first-order valence-corrected chi connectivity index (χ1v) is 5.79. The summed E-state index contributed by atoms with van der Waals surface area (Å²) in [7, 11) is 0. The largest absolute Gasteiger partial charge is 0.483 e. The molecule has 0 radical (unpaired) electrons. The molecule has 0 heterocycles. The Labute approximate surface area is 103 Å². The van der Waals surface area contributed by atoms with Gasteiger partial charge in [-0.25, -0.2) is 0 Å². The molecule has 0 aliphatic carbocycles. The lowest BCUT2D eigenvalue weighted by Gasteiger charge is -2.20. The van der Waals surface area contributed by atoms with E-state index >= 15 is 0 Å². The van der Waals surface area contributed by atoms with Crippen LogP contribution in [0.5, 0.6) is 5.75 Å². The normalized spacial score (nSPS) is 11.1. The molecule has 3 heteroatoms. The van der Waals surface area contributed by atoms with Gasteiger partial charge in [-0.15, -0.1) is 0 Å². The first-order chi connectivity index (χ1) is 7.78. The minimum absolute atomic E-state index is 0.0571. The molecular formula is C14H21NO2. The standard InChI is InChI=1S/C14H21NO2/c1-10-6-7-11(2)12(8-10)17-9-13(16)15-14(3,4)5/h6-8H,9H2,1-5H3,(H,15,16). The van der Waals surface area contributed by atoms with E-state index in [9.17, 15) is 4.79 Å². The quantitative estimate of drug-likeness (QED) is 0.874. The Bertz CT molecular complexity index is 405. The first kappa shape index (κ1) is 13.6. The lowest BCUT2D eigenvalue weighted by molar-refractivity contribution is -0.124. The zero-order valence-corrected chi connectivity index (χ0v) is 11.3. The van der Waals surface area contributed by atoms with Gasteiger partial charge in [-0.2, -0.15) is 0 Å². The Balaban J connectivity index is 2.56. The maximum absolute atomic E-state index is 11.6. The van der Waals surface area contributed by atoms with Crippen molar-refractivity contribution in [2.75, 3.05) is 6.61 Å². The molecular weight excluding hydrogens is 214 g/mol. The Morgan fingerprint density at radius 3 is 2.53 bits per heavy atom. The van der Waals surface area contributed by atoms with Crippen LogP contribution in [0.15, 0.2) is 18.2 Å². The molecule has 17 heavy (non-hydrogen) atoms. The molecule has 0 unspecified atom stereocenters. The fourth-order valence-electron chi connectivity index (χ4n) is 1.46. The van der Waals surface area contributed by atoms with Gasteiger partial charge in [-0.1, -0.05) is 12.1 Å². The Morgan fingerprint density at radius 2 is 1.94 bits per heavy atom. The van der Waals surface area contributed by atoms with Crippen molar-refractivity contribution < 1.29 is 9.53 Å². The topological polar surface area (TPSA) is 38.3 Å². The van der Waals surface area contributed by atoms with Crippen molar-refractivity contribution in [3.63, 3.8) is 0 Å². The third kappa shape index (κ3) is 4.89. The van der Waals surface area contributed by atoms with Crippen molar-refractivity contribution in [1.29, 1.82) is 0 Å². The fraction of sp³-hybridized carbons (Fsp3) is 0.500. The zero-order valence-electron chi connectivity index (χ0n) is 11.3. The van der Waals surface area contributed by atoms with Crippen molar-refractivity contribution in [3.05, 3.63) is 29.3 Å². The first-order valence-electron chi connectivity index (χ1n) is 5.79. The van der Waals surface area contributed by atoms with Crippen LogP contribution in [0, 0.1) is 13.8 Å². The molecule has 0 atom stereocenters. The number of nitrogens with one attached hydrogen (secondary N) is 1. The average molecular weight is 235 g/mol. The van der Waals surface area contributed by atoms with Crippen LogP contribution in [-0.2, 0) is 4.79 Å². The summed E-state index contributed by atoms with van der Waals surface area (Å²) in [5, 5.41) is 2.86. The highest BCUT2D eigenvalue weighted by atomic mass is 16.5. The minimum Gasteiger partial charge on any atom is -0.483 e. The highest BCUT2D eigenvalue weighted by Gasteiger charge is 2.14. The van der Waals surface area contributed by atoms with Crippen molar-refractivity contribution in [3.8, 4) is 5.75 Å². The van der Waals surface area contributed by atoms with Gasteiger partial charge in [-0.3, -0.25) is 4.79 Å². The van der Waals surface area contributed by atoms with E-state index in [-0.39, 0.29) is 18.1 Å². The monoisotopic (exact) mass is 235 g/mol. The van der Waals surface area contributed by atoms with Crippen LogP contribution in [0.3, 0.4) is 0 Å². The second-order valence-corrected chi connectivity index (χ2v) is 5.36. The molecule has 0 aliphatic heterocycles. The van der Waals surface area contributed by atoms with Gasteiger partial charge >= 0.3 is 0 Å². The number of carbonyl (C=O) groups is 1. The highest BCUT2D eigenvalue weighted by Crippen LogP contribution is 2.18. The second kappa shape index (κ2) is 5.21. The molecule has 0 saturated heterocycles. The molecule has 0 bridgehead atoms. The smallest absolute Gasteiger partial charge is 0.258 e. The summed E-state index contributed by atoms with van der Waals surface area (Å²) in [6.45, 7) is 9.87. The number of aryl methyl sites for hydroxylation is 2. The summed E-state index contributed by atoms with van der Waals surface area (Å²) in [6, 6.07) is 5.96. The van der Waals surface area contributed by atoms with Crippen molar-refractivity contribution >= 4 is 5.91 Å². The van der Waals surface area contributed by atoms with Crippen LogP contribution < -0.4 is 10.1 Å². The molecule has 0 aliphatic rings. The van der Waals surface area contributed by atoms with E-state index in [2.05, 4.69) is 5.32 Å². The van der Waals surface area contributed by atoms with Crippen LogP contribution in [0.4, 0.5) is 0 Å². The molecule has 1 rings (SSSR count). The summed E-state index contributed by atoms with van der Waals surface area (Å²) in [5.41, 5.74) is 1.95. The number of benzene rings is 1. The van der Waals surface area contributed by atoms with E-state index in [1.165, 1.54) is 0 Å². The molecule has 1 N–H and O–H groups in total. The molecule has 0 fully saturated rings. The van der Waals surface area contributed by atoms with Crippen molar-refractivity contribution in [2.45, 2.75) is 40.2 Å². The van der Waals surface area contributed by atoms with Crippen LogP contribution >= 0.6 is 0 Å². The number of rotatable bonds is 3. The van der Waals surface area contributed by atoms with E-state index in [1.54, 1.807) is 0 Å². The molecule has 1 amide bonds. The highest BCUT2D eigenvalue weighted by molar-refractivity contribution is 5.78. The van der Waals surface area contributed by atoms with E-state index < -0.39 is 0 Å². The third-order valence-corrected chi connectivity index (χ3v) is 2.22. The number of amides is 1. The number of hydrogen-bond acceptors (Lipinski definition) is 2. The van der Waals surface area contributed by atoms with Crippen molar-refractivity contribution in [2.24, 2.45) is 0 Å². The predicted octanol–water partition coefficient (Wildman–Crippen LogP) is 2.60. The van der Waals surface area contributed by atoms with E-state index in [1.807, 2.05) is 52.8 Å². The molecule has 94 valence electrons. The lowest BCUT2D eigenvalue weighted by Crippen LogP contribution is -2.43. The van der Waals surface area contributed by atoms with Crippen molar-refractivity contribution in [1.82, 2.24) is 5.32 Å². The van der Waals surface area contributed by atoms with Gasteiger partial charge < -0.3 is 10.1 Å². The molecule has 1 aromatic carbocycles. The molecule has 0 spiro atoms. The predicted molar refractivity (Wildman–Crippen MR) is 69.3 cm³/mol. The minimum atomic E-state index is -0.220. The fourth-order valence-corrected chi connectivity index (χ4v) is 1.46. The summed E-state index contributed by atoms with van der Waals surface area (Å²) in [4.78, 5) is 11.6. The van der Waals surface area contributed by atoms with Gasteiger partial charge in [-0.05, 0) is 51.8 Å². The molecule has 3 nitrogen and oxygen atoms in total. The summed E-state index contributed by atoms with van der Waals surface area (Å²) < 4.78 is 5.51. The Hall–Kier alpha value is -1.51. The van der Waals surface area contributed by atoms with Gasteiger partial charge in [0.25, 0.3) is 5.91 Å². The molecule has 0 aromatic heterocycles. The lowest BCUT2D eigenvalue weighted by atomic mass is 10.1. The van der Waals surface area contributed by atoms with Crippen LogP contribution in [-0.4, -0.2) is 18.1 Å². The van der Waals surface area contributed by atoms with Crippen LogP contribution in [0.2, 0.25) is 0 Å².